The van der Waals surface area contributed by atoms with Crippen LogP contribution in [-0.4, -0.2) is 19.2 Å². The minimum absolute atomic E-state index is 0.185. The zero-order valence-corrected chi connectivity index (χ0v) is 17.3. The van der Waals surface area contributed by atoms with Crippen LogP contribution in [0.3, 0.4) is 0 Å². The summed E-state index contributed by atoms with van der Waals surface area (Å²) >= 11 is 0. The van der Waals surface area contributed by atoms with Crippen LogP contribution in [0.4, 0.5) is 0 Å². The molecule has 0 amide bonds. The van der Waals surface area contributed by atoms with Gasteiger partial charge in [-0.1, -0.05) is 65.7 Å². The van der Waals surface area contributed by atoms with Crippen molar-refractivity contribution in [2.45, 2.75) is 27.3 Å². The van der Waals surface area contributed by atoms with Crippen molar-refractivity contribution >= 4 is 16.6 Å². The zero-order chi connectivity index (χ0) is 20.8. The number of aryl methyl sites for hydroxylation is 3. The van der Waals surface area contributed by atoms with Crippen LogP contribution in [0.5, 0.6) is 0 Å². The molecule has 148 valence electrons. The van der Waals surface area contributed by atoms with Crippen molar-refractivity contribution in [3.63, 3.8) is 0 Å². The Morgan fingerprint density at radius 2 is 1.60 bits per heavy atom. The van der Waals surface area contributed by atoms with Crippen molar-refractivity contribution in [2.75, 3.05) is 0 Å². The van der Waals surface area contributed by atoms with E-state index in [0.717, 1.165) is 27.6 Å². The average molecular weight is 394 g/mol. The van der Waals surface area contributed by atoms with Gasteiger partial charge in [0.1, 0.15) is 0 Å². The number of nitrogens with zero attached hydrogens (tertiary/aromatic N) is 4. The predicted octanol–water partition coefficient (Wildman–Crippen LogP) is 4.68. The molecule has 3 aromatic carbocycles. The summed E-state index contributed by atoms with van der Waals surface area (Å²) in [5.74, 6) is 0.557. The van der Waals surface area contributed by atoms with Gasteiger partial charge in [0.15, 0.2) is 11.5 Å². The largest absolute Gasteiger partial charge is 0.351 e. The maximum Gasteiger partial charge on any atom is 0.351 e. The Bertz CT molecular complexity index is 1460. The van der Waals surface area contributed by atoms with Gasteiger partial charge in [0.25, 0.3) is 0 Å². The first kappa shape index (κ1) is 18.3. The van der Waals surface area contributed by atoms with Crippen molar-refractivity contribution in [1.29, 1.82) is 0 Å². The monoisotopic (exact) mass is 394 g/mol. The van der Waals surface area contributed by atoms with E-state index in [4.69, 9.17) is 4.98 Å². The fourth-order valence-corrected chi connectivity index (χ4v) is 3.85. The molecule has 0 bridgehead atoms. The van der Waals surface area contributed by atoms with Gasteiger partial charge in [-0.25, -0.2) is 9.78 Å². The van der Waals surface area contributed by atoms with Crippen LogP contribution in [0.2, 0.25) is 0 Å². The third-order valence-corrected chi connectivity index (χ3v) is 5.60. The van der Waals surface area contributed by atoms with Gasteiger partial charge in [0, 0.05) is 10.9 Å². The first-order valence-corrected chi connectivity index (χ1v) is 10.0. The van der Waals surface area contributed by atoms with E-state index in [-0.39, 0.29) is 5.69 Å². The number of aromatic nitrogens is 4. The highest BCUT2D eigenvalue weighted by Crippen LogP contribution is 2.22. The molecule has 0 aliphatic heterocycles. The Labute approximate surface area is 174 Å². The molecule has 0 saturated carbocycles. The molecular formula is C25H22N4O. The van der Waals surface area contributed by atoms with E-state index in [9.17, 15) is 4.79 Å². The predicted molar refractivity (Wildman–Crippen MR) is 120 cm³/mol. The third-order valence-electron chi connectivity index (χ3n) is 5.60. The van der Waals surface area contributed by atoms with Gasteiger partial charge in [0.2, 0.25) is 0 Å². The molecule has 0 N–H and O–H groups in total. The second kappa shape index (κ2) is 6.95. The molecule has 0 aliphatic carbocycles. The number of para-hydroxylation sites is 1. The van der Waals surface area contributed by atoms with Crippen molar-refractivity contribution in [1.82, 2.24) is 19.2 Å². The summed E-state index contributed by atoms with van der Waals surface area (Å²) in [5.41, 5.74) is 6.79. The summed E-state index contributed by atoms with van der Waals surface area (Å²) in [6, 6.07) is 22.2. The maximum atomic E-state index is 13.5. The van der Waals surface area contributed by atoms with Crippen molar-refractivity contribution in [3.8, 4) is 11.4 Å². The lowest BCUT2D eigenvalue weighted by Gasteiger charge is -2.13. The van der Waals surface area contributed by atoms with Crippen LogP contribution in [0.15, 0.2) is 71.5 Å². The lowest BCUT2D eigenvalue weighted by molar-refractivity contribution is 0.713. The normalized spacial score (nSPS) is 11.4. The Kier molecular flexibility index (Phi) is 4.24. The molecule has 5 nitrogen and oxygen atoms in total. The minimum Gasteiger partial charge on any atom is -0.287 e. The van der Waals surface area contributed by atoms with Gasteiger partial charge in [0.05, 0.1) is 12.1 Å². The second-order valence-electron chi connectivity index (χ2n) is 7.85. The molecule has 0 unspecified atom stereocenters. The van der Waals surface area contributed by atoms with Gasteiger partial charge >= 0.3 is 5.69 Å². The summed E-state index contributed by atoms with van der Waals surface area (Å²) in [6.45, 7) is 6.67. The van der Waals surface area contributed by atoms with Gasteiger partial charge in [-0.2, -0.15) is 4.52 Å². The van der Waals surface area contributed by atoms with Gasteiger partial charge in [-0.05, 0) is 44.0 Å². The smallest absolute Gasteiger partial charge is 0.287 e. The Balaban J connectivity index is 1.76. The van der Waals surface area contributed by atoms with E-state index >= 15 is 0 Å². The summed E-state index contributed by atoms with van der Waals surface area (Å²) in [7, 11) is 0. The van der Waals surface area contributed by atoms with E-state index in [1.54, 1.807) is 4.57 Å². The van der Waals surface area contributed by atoms with Crippen LogP contribution >= 0.6 is 0 Å². The van der Waals surface area contributed by atoms with Crippen molar-refractivity contribution in [2.24, 2.45) is 0 Å². The van der Waals surface area contributed by atoms with Crippen LogP contribution in [0, 0.1) is 20.8 Å². The molecule has 0 spiro atoms. The van der Waals surface area contributed by atoms with Gasteiger partial charge < -0.3 is 0 Å². The maximum absolute atomic E-state index is 13.5. The molecule has 0 aliphatic rings. The van der Waals surface area contributed by atoms with Crippen LogP contribution in [0.1, 0.15) is 22.3 Å². The molecule has 0 atom stereocenters. The average Bonchev–Trinajstić information content (AvgIpc) is 3.20. The Morgan fingerprint density at radius 1 is 0.867 bits per heavy atom. The number of hydrogen-bond acceptors (Lipinski definition) is 3. The third kappa shape index (κ3) is 2.99. The highest BCUT2D eigenvalue weighted by atomic mass is 16.2. The number of hydrogen-bond donors (Lipinski definition) is 0. The number of rotatable bonds is 3. The Hall–Kier alpha value is -3.73. The van der Waals surface area contributed by atoms with Crippen LogP contribution < -0.4 is 5.69 Å². The number of benzene rings is 3. The standard InChI is InChI=1S/C25H22N4O/c1-16-9-12-19(13-10-16)23-26-24-21-6-4-5-7-22(21)28(25(30)29(24)27-23)15-20-14-17(2)8-11-18(20)3/h4-14H,15H2,1-3H3. The van der Waals surface area contributed by atoms with Gasteiger partial charge in [-0.3, -0.25) is 4.57 Å². The van der Waals surface area contributed by atoms with Crippen LogP contribution in [-0.2, 0) is 6.54 Å². The summed E-state index contributed by atoms with van der Waals surface area (Å²) in [5, 5.41) is 5.49. The molecule has 5 aromatic rings. The molecule has 5 rings (SSSR count). The highest BCUT2D eigenvalue weighted by Gasteiger charge is 2.16. The molecule has 2 aromatic heterocycles. The van der Waals surface area contributed by atoms with E-state index in [2.05, 4.69) is 37.1 Å². The van der Waals surface area contributed by atoms with Crippen LogP contribution in [0.25, 0.3) is 27.9 Å². The molecular weight excluding hydrogens is 372 g/mol. The first-order chi connectivity index (χ1) is 14.5. The lowest BCUT2D eigenvalue weighted by atomic mass is 10.1. The van der Waals surface area contributed by atoms with Crippen molar-refractivity contribution < 1.29 is 0 Å². The molecule has 0 radical (unpaired) electrons. The Morgan fingerprint density at radius 3 is 2.40 bits per heavy atom. The molecule has 2 heterocycles. The summed E-state index contributed by atoms with van der Waals surface area (Å²) in [4.78, 5) is 18.2. The quantitative estimate of drug-likeness (QED) is 0.446. The summed E-state index contributed by atoms with van der Waals surface area (Å²) < 4.78 is 3.22. The van der Waals surface area contributed by atoms with E-state index in [1.165, 1.54) is 15.6 Å². The molecule has 30 heavy (non-hydrogen) atoms. The summed E-state index contributed by atoms with van der Waals surface area (Å²) in [6.07, 6.45) is 0. The fraction of sp³-hybridized carbons (Fsp3) is 0.160. The van der Waals surface area contributed by atoms with E-state index in [1.807, 2.05) is 55.5 Å². The lowest BCUT2D eigenvalue weighted by Crippen LogP contribution is -2.28. The SMILES string of the molecule is Cc1ccc(-c2nc3c4ccccc4n(Cc4cc(C)ccc4C)c(=O)n3n2)cc1. The first-order valence-electron chi connectivity index (χ1n) is 10.0. The van der Waals surface area contributed by atoms with Crippen molar-refractivity contribution in [3.05, 3.63) is 99.5 Å². The fourth-order valence-electron chi connectivity index (χ4n) is 3.85. The molecule has 5 heteroatoms. The highest BCUT2D eigenvalue weighted by molar-refractivity contribution is 5.92. The molecule has 0 fully saturated rings. The topological polar surface area (TPSA) is 52.2 Å². The van der Waals surface area contributed by atoms with E-state index in [0.29, 0.717) is 18.0 Å². The minimum atomic E-state index is -0.185. The van der Waals surface area contributed by atoms with E-state index < -0.39 is 0 Å². The van der Waals surface area contributed by atoms with Gasteiger partial charge in [-0.15, -0.1) is 5.10 Å². The zero-order valence-electron chi connectivity index (χ0n) is 17.3. The second-order valence-corrected chi connectivity index (χ2v) is 7.85. The molecule has 0 saturated heterocycles. The number of fused-ring (bicyclic) bond motifs is 3.